The Bertz CT molecular complexity index is 181. The fraction of sp³-hybridized carbons (Fsp3) is 1.00. The molecule has 1 atom stereocenters. The molecule has 0 saturated heterocycles. The molecule has 1 aliphatic rings. The van der Waals surface area contributed by atoms with Crippen molar-refractivity contribution in [3.8, 4) is 0 Å². The van der Waals surface area contributed by atoms with E-state index < -0.39 is 0 Å². The van der Waals surface area contributed by atoms with Crippen LogP contribution in [-0.4, -0.2) is 37.5 Å². The molecule has 1 aliphatic carbocycles. The van der Waals surface area contributed by atoms with Crippen LogP contribution in [0, 0.1) is 11.8 Å². The Morgan fingerprint density at radius 2 is 2.06 bits per heavy atom. The summed E-state index contributed by atoms with van der Waals surface area (Å²) >= 11 is 0. The fourth-order valence-corrected chi connectivity index (χ4v) is 1.79. The molecule has 0 heterocycles. The quantitative estimate of drug-likeness (QED) is 0.547. The van der Waals surface area contributed by atoms with Gasteiger partial charge in [-0.2, -0.15) is 0 Å². The molecule has 2 N–H and O–H groups in total. The minimum Gasteiger partial charge on any atom is -0.389 e. The molecule has 1 saturated carbocycles. The van der Waals surface area contributed by atoms with Crippen molar-refractivity contribution in [1.29, 1.82) is 0 Å². The minimum absolute atomic E-state index is 0.348. The van der Waals surface area contributed by atoms with Gasteiger partial charge in [-0.1, -0.05) is 26.7 Å². The zero-order valence-corrected chi connectivity index (χ0v) is 11.5. The minimum atomic E-state index is -0.348. The standard InChI is InChI=1S/C14H29NO2/c1-12(2)5-3-4-8-15-9-14(16)11-17-10-13-6-7-13/h12-16H,3-11H2,1-2H3. The van der Waals surface area contributed by atoms with E-state index in [4.69, 9.17) is 4.74 Å². The molecular formula is C14H29NO2. The van der Waals surface area contributed by atoms with Crippen molar-refractivity contribution in [2.75, 3.05) is 26.3 Å². The maximum atomic E-state index is 9.64. The van der Waals surface area contributed by atoms with Gasteiger partial charge in [0.05, 0.1) is 12.7 Å². The number of aliphatic hydroxyl groups excluding tert-OH is 1. The Labute approximate surface area is 106 Å². The van der Waals surface area contributed by atoms with Crippen LogP contribution in [0.2, 0.25) is 0 Å². The van der Waals surface area contributed by atoms with Gasteiger partial charge in [0.2, 0.25) is 0 Å². The predicted molar refractivity (Wildman–Crippen MR) is 71.1 cm³/mol. The smallest absolute Gasteiger partial charge is 0.0897 e. The summed E-state index contributed by atoms with van der Waals surface area (Å²) in [4.78, 5) is 0. The van der Waals surface area contributed by atoms with E-state index in [1.54, 1.807) is 0 Å². The van der Waals surface area contributed by atoms with Crippen molar-refractivity contribution in [3.63, 3.8) is 0 Å². The largest absolute Gasteiger partial charge is 0.389 e. The highest BCUT2D eigenvalue weighted by atomic mass is 16.5. The van der Waals surface area contributed by atoms with Crippen LogP contribution < -0.4 is 5.32 Å². The average Bonchev–Trinajstić information content (AvgIpc) is 3.06. The van der Waals surface area contributed by atoms with E-state index in [1.165, 1.54) is 32.1 Å². The Kier molecular flexibility index (Phi) is 7.82. The molecule has 0 spiro atoms. The van der Waals surface area contributed by atoms with Gasteiger partial charge < -0.3 is 15.2 Å². The second-order valence-corrected chi connectivity index (χ2v) is 5.73. The summed E-state index contributed by atoms with van der Waals surface area (Å²) in [5, 5.41) is 12.9. The number of ether oxygens (including phenoxy) is 1. The highest BCUT2D eigenvalue weighted by molar-refractivity contribution is 4.72. The molecule has 3 heteroatoms. The first-order chi connectivity index (χ1) is 8.18. The zero-order valence-electron chi connectivity index (χ0n) is 11.5. The highest BCUT2D eigenvalue weighted by Crippen LogP contribution is 2.28. The van der Waals surface area contributed by atoms with E-state index in [0.717, 1.165) is 25.0 Å². The van der Waals surface area contributed by atoms with Crippen LogP contribution >= 0.6 is 0 Å². The number of hydrogen-bond acceptors (Lipinski definition) is 3. The lowest BCUT2D eigenvalue weighted by Gasteiger charge is -2.12. The van der Waals surface area contributed by atoms with E-state index in [-0.39, 0.29) is 6.10 Å². The summed E-state index contributed by atoms with van der Waals surface area (Å²) in [7, 11) is 0. The predicted octanol–water partition coefficient (Wildman–Crippen LogP) is 2.19. The summed E-state index contributed by atoms with van der Waals surface area (Å²) in [6.07, 6.45) is 6.05. The molecule has 0 aromatic rings. The summed E-state index contributed by atoms with van der Waals surface area (Å²) in [5.41, 5.74) is 0. The van der Waals surface area contributed by atoms with Gasteiger partial charge in [-0.05, 0) is 37.6 Å². The van der Waals surface area contributed by atoms with Crippen molar-refractivity contribution < 1.29 is 9.84 Å². The van der Waals surface area contributed by atoms with Crippen molar-refractivity contribution in [2.45, 2.75) is 52.1 Å². The molecule has 17 heavy (non-hydrogen) atoms. The highest BCUT2D eigenvalue weighted by Gasteiger charge is 2.21. The van der Waals surface area contributed by atoms with Gasteiger partial charge in [0.25, 0.3) is 0 Å². The third-order valence-electron chi connectivity index (χ3n) is 3.13. The first-order valence-corrected chi connectivity index (χ1v) is 7.15. The Hall–Kier alpha value is -0.120. The van der Waals surface area contributed by atoms with Crippen LogP contribution in [0.4, 0.5) is 0 Å². The zero-order chi connectivity index (χ0) is 12.5. The van der Waals surface area contributed by atoms with Crippen LogP contribution in [0.1, 0.15) is 46.0 Å². The fourth-order valence-electron chi connectivity index (χ4n) is 1.79. The molecule has 3 nitrogen and oxygen atoms in total. The number of nitrogens with one attached hydrogen (secondary N) is 1. The molecule has 0 aromatic carbocycles. The molecule has 0 aliphatic heterocycles. The van der Waals surface area contributed by atoms with Gasteiger partial charge in [0.15, 0.2) is 0 Å². The Morgan fingerprint density at radius 1 is 1.29 bits per heavy atom. The molecule has 1 rings (SSSR count). The van der Waals surface area contributed by atoms with Crippen LogP contribution in [0.5, 0.6) is 0 Å². The molecule has 1 unspecified atom stereocenters. The van der Waals surface area contributed by atoms with Crippen molar-refractivity contribution in [2.24, 2.45) is 11.8 Å². The molecule has 1 fully saturated rings. The average molecular weight is 243 g/mol. The van der Waals surface area contributed by atoms with Gasteiger partial charge in [0, 0.05) is 13.2 Å². The van der Waals surface area contributed by atoms with Gasteiger partial charge in [-0.3, -0.25) is 0 Å². The van der Waals surface area contributed by atoms with Crippen LogP contribution in [0.15, 0.2) is 0 Å². The second kappa shape index (κ2) is 8.90. The van der Waals surface area contributed by atoms with Crippen LogP contribution in [0.3, 0.4) is 0 Å². The third kappa shape index (κ3) is 9.57. The van der Waals surface area contributed by atoms with E-state index in [1.807, 2.05) is 0 Å². The van der Waals surface area contributed by atoms with E-state index >= 15 is 0 Å². The van der Waals surface area contributed by atoms with Crippen molar-refractivity contribution in [3.05, 3.63) is 0 Å². The summed E-state index contributed by atoms with van der Waals surface area (Å²) < 4.78 is 5.44. The third-order valence-corrected chi connectivity index (χ3v) is 3.13. The molecule has 0 amide bonds. The van der Waals surface area contributed by atoms with E-state index in [0.29, 0.717) is 13.2 Å². The van der Waals surface area contributed by atoms with Gasteiger partial charge in [-0.15, -0.1) is 0 Å². The van der Waals surface area contributed by atoms with Crippen LogP contribution in [0.25, 0.3) is 0 Å². The Morgan fingerprint density at radius 3 is 2.71 bits per heavy atom. The number of aliphatic hydroxyl groups is 1. The molecule has 0 radical (unpaired) electrons. The summed E-state index contributed by atoms with van der Waals surface area (Å²) in [5.74, 6) is 1.59. The molecular weight excluding hydrogens is 214 g/mol. The summed E-state index contributed by atoms with van der Waals surface area (Å²) in [6, 6.07) is 0. The first kappa shape index (κ1) is 14.9. The van der Waals surface area contributed by atoms with Gasteiger partial charge in [-0.25, -0.2) is 0 Å². The molecule has 0 aromatic heterocycles. The van der Waals surface area contributed by atoms with Gasteiger partial charge >= 0.3 is 0 Å². The lowest BCUT2D eigenvalue weighted by molar-refractivity contribution is 0.0326. The lowest BCUT2D eigenvalue weighted by atomic mass is 10.1. The maximum Gasteiger partial charge on any atom is 0.0897 e. The van der Waals surface area contributed by atoms with Gasteiger partial charge in [0.1, 0.15) is 0 Å². The monoisotopic (exact) mass is 243 g/mol. The lowest BCUT2D eigenvalue weighted by Crippen LogP contribution is -2.31. The molecule has 0 bridgehead atoms. The number of rotatable bonds is 11. The van der Waals surface area contributed by atoms with Crippen molar-refractivity contribution in [1.82, 2.24) is 5.32 Å². The first-order valence-electron chi connectivity index (χ1n) is 7.15. The molecule has 102 valence electrons. The van der Waals surface area contributed by atoms with Crippen molar-refractivity contribution >= 4 is 0 Å². The summed E-state index contributed by atoms with van der Waals surface area (Å²) in [6.45, 7) is 7.50. The van der Waals surface area contributed by atoms with Crippen LogP contribution in [-0.2, 0) is 4.74 Å². The maximum absolute atomic E-state index is 9.64. The van der Waals surface area contributed by atoms with E-state index in [9.17, 15) is 5.11 Å². The number of hydrogen-bond donors (Lipinski definition) is 2. The Balaban J connectivity index is 1.77. The topological polar surface area (TPSA) is 41.5 Å². The second-order valence-electron chi connectivity index (χ2n) is 5.73. The SMILES string of the molecule is CC(C)CCCCNCC(O)COCC1CC1. The number of unbranched alkanes of at least 4 members (excludes halogenated alkanes) is 1. The normalized spacial score (nSPS) is 17.6. The van der Waals surface area contributed by atoms with E-state index in [2.05, 4.69) is 19.2 Å².